The Bertz CT molecular complexity index is 2270. The second kappa shape index (κ2) is 16.3. The van der Waals surface area contributed by atoms with Crippen molar-refractivity contribution in [2.45, 2.75) is 23.5 Å². The number of thioether (sulfide) groups is 1. The van der Waals surface area contributed by atoms with Crippen LogP contribution in [0.4, 0.5) is 11.4 Å². The number of hydrogen-bond donors (Lipinski definition) is 3. The molecule has 0 radical (unpaired) electrons. The summed E-state index contributed by atoms with van der Waals surface area (Å²) in [6, 6.07) is 32.2. The summed E-state index contributed by atoms with van der Waals surface area (Å²) in [7, 11) is 3.03. The Labute approximate surface area is 310 Å². The lowest BCUT2D eigenvalue weighted by molar-refractivity contribution is -0.116. The molecule has 1 atom stereocenters. The highest BCUT2D eigenvalue weighted by Crippen LogP contribution is 2.34. The number of nitrogens with one attached hydrogen (secondary N) is 3. The highest BCUT2D eigenvalue weighted by Gasteiger charge is 2.32. The Morgan fingerprint density at radius 2 is 1.40 bits per heavy atom. The van der Waals surface area contributed by atoms with Crippen LogP contribution in [0.1, 0.15) is 61.1 Å². The first-order valence-electron chi connectivity index (χ1n) is 16.7. The van der Waals surface area contributed by atoms with Gasteiger partial charge in [-0.2, -0.15) is 0 Å². The minimum absolute atomic E-state index is 0.0169. The van der Waals surface area contributed by atoms with E-state index in [4.69, 9.17) is 9.47 Å². The second-order valence-corrected chi connectivity index (χ2v) is 13.2. The predicted octanol–water partition coefficient (Wildman–Crippen LogP) is 7.40. The van der Waals surface area contributed by atoms with Crippen LogP contribution >= 0.6 is 11.8 Å². The van der Waals surface area contributed by atoms with Gasteiger partial charge in [0.2, 0.25) is 5.91 Å². The molecule has 0 saturated carbocycles. The van der Waals surface area contributed by atoms with Gasteiger partial charge in [0.1, 0.15) is 5.70 Å². The molecule has 0 fully saturated rings. The first-order valence-corrected chi connectivity index (χ1v) is 17.6. The van der Waals surface area contributed by atoms with Gasteiger partial charge in [0.15, 0.2) is 23.1 Å². The van der Waals surface area contributed by atoms with Crippen molar-refractivity contribution < 1.29 is 33.4 Å². The highest BCUT2D eigenvalue weighted by molar-refractivity contribution is 8.00. The molecule has 5 aromatic rings. The smallest absolute Gasteiger partial charge is 0.272 e. The number of rotatable bonds is 12. The summed E-state index contributed by atoms with van der Waals surface area (Å²) < 4.78 is 10.7. The Balaban J connectivity index is 1.20. The number of carbonyl (C=O) groups is 5. The quantitative estimate of drug-likeness (QED) is 0.0877. The summed E-state index contributed by atoms with van der Waals surface area (Å²) in [4.78, 5) is 67.9. The number of ether oxygens (including phenoxy) is 2. The molecule has 266 valence electrons. The van der Waals surface area contributed by atoms with Crippen molar-refractivity contribution in [3.8, 4) is 11.5 Å². The maximum atomic E-state index is 13.7. The third-order valence-corrected chi connectivity index (χ3v) is 9.85. The molecule has 0 aromatic heterocycles. The zero-order valence-corrected chi connectivity index (χ0v) is 29.9. The van der Waals surface area contributed by atoms with Gasteiger partial charge in [-0.05, 0) is 66.6 Å². The Morgan fingerprint density at radius 3 is 2.11 bits per heavy atom. The average Bonchev–Trinajstić information content (AvgIpc) is 3.19. The number of amides is 3. The fourth-order valence-electron chi connectivity index (χ4n) is 5.85. The van der Waals surface area contributed by atoms with Gasteiger partial charge < -0.3 is 25.4 Å². The van der Waals surface area contributed by atoms with Gasteiger partial charge in [0, 0.05) is 32.8 Å². The van der Waals surface area contributed by atoms with Crippen LogP contribution in [-0.2, 0) is 9.59 Å². The van der Waals surface area contributed by atoms with E-state index in [0.29, 0.717) is 50.8 Å². The average molecular weight is 726 g/mol. The van der Waals surface area contributed by atoms with E-state index in [1.807, 2.05) is 13.0 Å². The number of fused-ring (bicyclic) bond motifs is 2. The summed E-state index contributed by atoms with van der Waals surface area (Å²) in [5, 5.41) is 7.90. The molecule has 0 aliphatic heterocycles. The number of hydrogen-bond acceptors (Lipinski definition) is 8. The van der Waals surface area contributed by atoms with Crippen LogP contribution in [-0.4, -0.2) is 48.8 Å². The molecule has 3 N–H and O–H groups in total. The molecule has 11 heteroatoms. The molecule has 3 amide bonds. The maximum Gasteiger partial charge on any atom is 0.272 e. The lowest BCUT2D eigenvalue weighted by atomic mass is 9.83. The summed E-state index contributed by atoms with van der Waals surface area (Å²) in [6.07, 6.45) is 1.98. The largest absolute Gasteiger partial charge is 0.493 e. The minimum atomic E-state index is -0.579. The maximum absolute atomic E-state index is 13.7. The van der Waals surface area contributed by atoms with Crippen LogP contribution in [0, 0.1) is 0 Å². The van der Waals surface area contributed by atoms with Crippen LogP contribution in [0.25, 0.3) is 6.08 Å². The standard InChI is InChI=1S/C42H35N3O7S/c1-4-36(42(50)44-32-19-11-18-31-37(32)39(47)30-17-9-8-16-29(30)38(31)46)53-28-15-10-14-27(24-28)43-41(49)33(45-40(48)26-12-6-5-7-13-26)22-25-20-21-34(51-2)35(23-25)52-3/h5-24,36H,4H2,1-3H3,(H,43,49)(H,44,50)(H,45,48)/b33-22+. The van der Waals surface area contributed by atoms with E-state index in [1.54, 1.807) is 109 Å². The van der Waals surface area contributed by atoms with Gasteiger partial charge in [-0.15, -0.1) is 11.8 Å². The zero-order valence-electron chi connectivity index (χ0n) is 29.1. The molecule has 53 heavy (non-hydrogen) atoms. The van der Waals surface area contributed by atoms with Crippen LogP contribution < -0.4 is 25.4 Å². The third-order valence-electron chi connectivity index (χ3n) is 8.49. The minimum Gasteiger partial charge on any atom is -0.493 e. The molecule has 0 heterocycles. The zero-order chi connectivity index (χ0) is 37.5. The molecule has 10 nitrogen and oxygen atoms in total. The number of ketones is 2. The summed E-state index contributed by atoms with van der Waals surface area (Å²) >= 11 is 1.29. The number of benzene rings is 5. The van der Waals surface area contributed by atoms with Crippen LogP contribution in [0.5, 0.6) is 11.5 Å². The van der Waals surface area contributed by atoms with Crippen molar-refractivity contribution >= 4 is 58.5 Å². The highest BCUT2D eigenvalue weighted by atomic mass is 32.2. The Hall–Kier alpha value is -6.46. The van der Waals surface area contributed by atoms with E-state index >= 15 is 0 Å². The first kappa shape index (κ1) is 36.3. The fraction of sp³-hybridized carbons (Fsp3) is 0.119. The van der Waals surface area contributed by atoms with Crippen LogP contribution in [0.2, 0.25) is 0 Å². The molecule has 1 aliphatic carbocycles. The molecular formula is C42H35N3O7S. The molecule has 1 unspecified atom stereocenters. The van der Waals surface area contributed by atoms with Gasteiger partial charge in [0.25, 0.3) is 11.8 Å². The molecule has 0 saturated heterocycles. The first-order chi connectivity index (χ1) is 25.7. The van der Waals surface area contributed by atoms with E-state index in [2.05, 4.69) is 16.0 Å². The van der Waals surface area contributed by atoms with Crippen molar-refractivity contribution in [1.82, 2.24) is 5.32 Å². The van der Waals surface area contributed by atoms with Gasteiger partial charge in [-0.3, -0.25) is 24.0 Å². The molecular weight excluding hydrogens is 691 g/mol. The SMILES string of the molecule is CCC(Sc1cccc(NC(=O)/C(=C\c2ccc(OC)c(OC)c2)NC(=O)c2ccccc2)c1)C(=O)Nc1cccc2c1C(=O)c1ccccc1C2=O. The Morgan fingerprint density at radius 1 is 0.717 bits per heavy atom. The van der Waals surface area contributed by atoms with Crippen LogP contribution in [0.15, 0.2) is 126 Å². The topological polar surface area (TPSA) is 140 Å². The van der Waals surface area contributed by atoms with Crippen molar-refractivity contribution in [2.24, 2.45) is 0 Å². The third kappa shape index (κ3) is 8.05. The normalized spacial score (nSPS) is 12.5. The summed E-state index contributed by atoms with van der Waals surface area (Å²) in [5.74, 6) is -1.03. The lowest BCUT2D eigenvalue weighted by Gasteiger charge is -2.21. The Kier molecular flexibility index (Phi) is 11.1. The number of carbonyl (C=O) groups excluding carboxylic acids is 5. The van der Waals surface area contributed by atoms with Crippen molar-refractivity contribution in [1.29, 1.82) is 0 Å². The van der Waals surface area contributed by atoms with Crippen LogP contribution in [0.3, 0.4) is 0 Å². The van der Waals surface area contributed by atoms with Gasteiger partial charge >= 0.3 is 0 Å². The number of anilines is 2. The molecule has 1 aliphatic rings. The number of methoxy groups -OCH3 is 2. The second-order valence-electron chi connectivity index (χ2n) is 11.9. The van der Waals surface area contributed by atoms with Crippen molar-refractivity contribution in [2.75, 3.05) is 24.9 Å². The summed E-state index contributed by atoms with van der Waals surface area (Å²) in [5.41, 5.74) is 2.69. The van der Waals surface area contributed by atoms with E-state index in [-0.39, 0.29) is 40.0 Å². The van der Waals surface area contributed by atoms with Crippen molar-refractivity contribution in [3.63, 3.8) is 0 Å². The summed E-state index contributed by atoms with van der Waals surface area (Å²) in [6.45, 7) is 1.87. The van der Waals surface area contributed by atoms with Crippen molar-refractivity contribution in [3.05, 3.63) is 154 Å². The van der Waals surface area contributed by atoms with Gasteiger partial charge in [-0.25, -0.2) is 0 Å². The van der Waals surface area contributed by atoms with E-state index < -0.39 is 17.1 Å². The van der Waals surface area contributed by atoms with E-state index in [1.165, 1.54) is 32.1 Å². The lowest BCUT2D eigenvalue weighted by Crippen LogP contribution is -2.30. The van der Waals surface area contributed by atoms with Gasteiger partial charge in [-0.1, -0.05) is 73.7 Å². The van der Waals surface area contributed by atoms with Gasteiger partial charge in [0.05, 0.1) is 30.7 Å². The molecule has 0 bridgehead atoms. The molecule has 5 aromatic carbocycles. The fourth-order valence-corrected chi connectivity index (χ4v) is 6.86. The molecule has 6 rings (SSSR count). The van der Waals surface area contributed by atoms with E-state index in [9.17, 15) is 24.0 Å². The van der Waals surface area contributed by atoms with E-state index in [0.717, 1.165) is 0 Å². The molecule has 0 spiro atoms. The predicted molar refractivity (Wildman–Crippen MR) is 205 cm³/mol. The monoisotopic (exact) mass is 725 g/mol.